The van der Waals surface area contributed by atoms with Crippen LogP contribution in [0.1, 0.15) is 213 Å². The van der Waals surface area contributed by atoms with Gasteiger partial charge in [-0.05, 0) is 83.5 Å². The second-order valence-corrected chi connectivity index (χ2v) is 15.0. The third-order valence-electron chi connectivity index (χ3n) is 9.48. The van der Waals surface area contributed by atoms with Gasteiger partial charge in [0.25, 0.3) is 0 Å². The molecule has 0 spiro atoms. The zero-order valence-corrected chi connectivity index (χ0v) is 35.9. The molecule has 0 aliphatic carbocycles. The van der Waals surface area contributed by atoms with E-state index in [4.69, 9.17) is 14.2 Å². The van der Waals surface area contributed by atoms with E-state index in [0.717, 1.165) is 116 Å². The van der Waals surface area contributed by atoms with Crippen molar-refractivity contribution < 1.29 is 28.6 Å². The number of allylic oxidation sites excluding steroid dienone is 10. The number of rotatable bonds is 40. The van der Waals surface area contributed by atoms with Gasteiger partial charge in [0.1, 0.15) is 13.2 Å². The molecule has 0 rings (SSSR count). The number of hydrogen-bond donors (Lipinski definition) is 0. The van der Waals surface area contributed by atoms with Crippen LogP contribution in [0, 0.1) is 0 Å². The highest BCUT2D eigenvalue weighted by Gasteiger charge is 2.19. The Kier molecular flexibility index (Phi) is 41.5. The first kappa shape index (κ1) is 52.1. The summed E-state index contributed by atoms with van der Waals surface area (Å²) in [5.74, 6) is -0.931. The molecular formula is C49H84O6. The minimum atomic E-state index is -0.781. The molecule has 0 N–H and O–H groups in total. The molecule has 0 fully saturated rings. The van der Waals surface area contributed by atoms with Crippen LogP contribution in [0.15, 0.2) is 60.8 Å². The zero-order chi connectivity index (χ0) is 40.1. The summed E-state index contributed by atoms with van der Waals surface area (Å²) in [5, 5.41) is 0. The molecular weight excluding hydrogens is 685 g/mol. The molecule has 0 aliphatic rings. The first-order chi connectivity index (χ1) is 27.0. The highest BCUT2D eigenvalue weighted by Crippen LogP contribution is 2.13. The lowest BCUT2D eigenvalue weighted by atomic mass is 10.1. The summed E-state index contributed by atoms with van der Waals surface area (Å²) in [6.07, 6.45) is 52.3. The number of hydrogen-bond acceptors (Lipinski definition) is 6. The van der Waals surface area contributed by atoms with Gasteiger partial charge in [-0.2, -0.15) is 0 Å². The Balaban J connectivity index is 4.25. The Morgan fingerprint density at radius 1 is 0.364 bits per heavy atom. The van der Waals surface area contributed by atoms with Gasteiger partial charge in [-0.3, -0.25) is 14.4 Å². The van der Waals surface area contributed by atoms with Crippen molar-refractivity contribution in [2.24, 2.45) is 0 Å². The predicted octanol–water partition coefficient (Wildman–Crippen LogP) is 14.5. The zero-order valence-electron chi connectivity index (χ0n) is 35.9. The van der Waals surface area contributed by atoms with E-state index in [1.54, 1.807) is 0 Å². The van der Waals surface area contributed by atoms with Gasteiger partial charge in [0.15, 0.2) is 6.10 Å². The van der Waals surface area contributed by atoms with Gasteiger partial charge in [0.05, 0.1) is 0 Å². The van der Waals surface area contributed by atoms with Gasteiger partial charge in [-0.1, -0.05) is 171 Å². The van der Waals surface area contributed by atoms with E-state index in [-0.39, 0.29) is 31.1 Å². The van der Waals surface area contributed by atoms with Gasteiger partial charge in [0.2, 0.25) is 0 Å². The number of carbonyl (C=O) groups is 3. The molecule has 1 atom stereocenters. The van der Waals surface area contributed by atoms with Crippen molar-refractivity contribution >= 4 is 17.9 Å². The molecule has 0 aromatic carbocycles. The van der Waals surface area contributed by atoms with Crippen LogP contribution in [0.25, 0.3) is 0 Å². The summed E-state index contributed by atoms with van der Waals surface area (Å²) in [4.78, 5) is 37.5. The van der Waals surface area contributed by atoms with Crippen molar-refractivity contribution in [3.63, 3.8) is 0 Å². The fraction of sp³-hybridized carbons (Fsp3) is 0.735. The molecule has 0 aromatic heterocycles. The number of esters is 3. The van der Waals surface area contributed by atoms with E-state index in [1.807, 2.05) is 0 Å². The fourth-order valence-corrected chi connectivity index (χ4v) is 6.01. The van der Waals surface area contributed by atoms with E-state index < -0.39 is 6.10 Å². The second kappa shape index (κ2) is 43.8. The molecule has 1 unspecified atom stereocenters. The van der Waals surface area contributed by atoms with Gasteiger partial charge in [-0.25, -0.2) is 0 Å². The molecule has 0 heterocycles. The van der Waals surface area contributed by atoms with Crippen molar-refractivity contribution in [1.29, 1.82) is 0 Å². The van der Waals surface area contributed by atoms with Crippen LogP contribution < -0.4 is 0 Å². The average Bonchev–Trinajstić information content (AvgIpc) is 3.18. The number of ether oxygens (including phenoxy) is 3. The van der Waals surface area contributed by atoms with E-state index >= 15 is 0 Å². The lowest BCUT2D eigenvalue weighted by molar-refractivity contribution is -0.167. The Morgan fingerprint density at radius 3 is 1.13 bits per heavy atom. The fourth-order valence-electron chi connectivity index (χ4n) is 6.01. The Morgan fingerprint density at radius 2 is 0.691 bits per heavy atom. The average molecular weight is 769 g/mol. The molecule has 0 aliphatic heterocycles. The van der Waals surface area contributed by atoms with Gasteiger partial charge >= 0.3 is 17.9 Å². The molecule has 0 radical (unpaired) electrons. The van der Waals surface area contributed by atoms with Gasteiger partial charge in [0, 0.05) is 19.3 Å². The van der Waals surface area contributed by atoms with Crippen molar-refractivity contribution in [2.45, 2.75) is 219 Å². The van der Waals surface area contributed by atoms with Crippen LogP contribution in [0.4, 0.5) is 0 Å². The lowest BCUT2D eigenvalue weighted by Crippen LogP contribution is -2.30. The Labute approximate surface area is 339 Å². The molecule has 55 heavy (non-hydrogen) atoms. The van der Waals surface area contributed by atoms with Crippen molar-refractivity contribution in [2.75, 3.05) is 13.2 Å². The maximum absolute atomic E-state index is 12.7. The molecule has 0 aromatic rings. The summed E-state index contributed by atoms with van der Waals surface area (Å²) >= 11 is 0. The summed E-state index contributed by atoms with van der Waals surface area (Å²) in [6.45, 7) is 6.42. The molecule has 0 amide bonds. The number of unbranched alkanes of at least 4 members (excludes halogenated alkanes) is 19. The molecule has 0 saturated heterocycles. The summed E-state index contributed by atoms with van der Waals surface area (Å²) < 4.78 is 16.6. The monoisotopic (exact) mass is 769 g/mol. The quantitative estimate of drug-likeness (QED) is 0.0267. The van der Waals surface area contributed by atoms with Crippen molar-refractivity contribution in [3.8, 4) is 0 Å². The molecule has 6 heteroatoms. The Bertz CT molecular complexity index is 1020. The molecule has 0 bridgehead atoms. The minimum Gasteiger partial charge on any atom is -0.462 e. The topological polar surface area (TPSA) is 78.9 Å². The highest BCUT2D eigenvalue weighted by molar-refractivity contribution is 5.71. The molecule has 0 saturated carbocycles. The van der Waals surface area contributed by atoms with E-state index in [1.165, 1.54) is 57.8 Å². The minimum absolute atomic E-state index is 0.0858. The van der Waals surface area contributed by atoms with Gasteiger partial charge in [-0.15, -0.1) is 0 Å². The summed E-state index contributed by atoms with van der Waals surface area (Å²) in [5.41, 5.74) is 0. The van der Waals surface area contributed by atoms with E-state index in [2.05, 4.69) is 81.5 Å². The maximum Gasteiger partial charge on any atom is 0.306 e. The lowest BCUT2D eigenvalue weighted by Gasteiger charge is -2.18. The van der Waals surface area contributed by atoms with E-state index in [0.29, 0.717) is 19.3 Å². The summed E-state index contributed by atoms with van der Waals surface area (Å²) in [7, 11) is 0. The normalized spacial score (nSPS) is 12.6. The third kappa shape index (κ3) is 42.1. The molecule has 6 nitrogen and oxygen atoms in total. The first-order valence-corrected chi connectivity index (χ1v) is 22.8. The standard InChI is InChI=1S/C49H84O6/c1-4-7-10-13-15-17-19-21-22-23-24-25-26-28-29-31-33-36-39-42-48(51)54-45-46(44-53-47(50)41-38-35-12-9-6-3)55-49(52)43-40-37-34-32-30-27-20-18-16-14-11-8-5-2/h11,14-15,17-18,20-22,24-25,46H,4-10,12-13,16,19,23,26-45H2,1-3H3/b14-11-,17-15-,20-18-,22-21-,25-24-. The maximum atomic E-state index is 12.7. The second-order valence-electron chi connectivity index (χ2n) is 15.0. The van der Waals surface area contributed by atoms with E-state index in [9.17, 15) is 14.4 Å². The summed E-state index contributed by atoms with van der Waals surface area (Å²) in [6, 6.07) is 0. The largest absolute Gasteiger partial charge is 0.462 e. The van der Waals surface area contributed by atoms with Crippen LogP contribution in [-0.2, 0) is 28.6 Å². The Hall–Kier alpha value is -2.89. The van der Waals surface area contributed by atoms with Crippen molar-refractivity contribution in [3.05, 3.63) is 60.8 Å². The van der Waals surface area contributed by atoms with Crippen LogP contribution in [0.3, 0.4) is 0 Å². The van der Waals surface area contributed by atoms with Crippen LogP contribution in [0.5, 0.6) is 0 Å². The SMILES string of the molecule is CCC/C=C\C/C=C\CCCCCCCC(=O)OC(COC(=O)CCCCCCC)COC(=O)CCCCCCCC/C=C\C/C=C\C/C=C\CCCCC. The highest BCUT2D eigenvalue weighted by atomic mass is 16.6. The molecule has 316 valence electrons. The number of carbonyl (C=O) groups excluding carboxylic acids is 3. The van der Waals surface area contributed by atoms with Crippen molar-refractivity contribution in [1.82, 2.24) is 0 Å². The first-order valence-electron chi connectivity index (χ1n) is 22.8. The third-order valence-corrected chi connectivity index (χ3v) is 9.48. The van der Waals surface area contributed by atoms with Gasteiger partial charge < -0.3 is 14.2 Å². The smallest absolute Gasteiger partial charge is 0.306 e. The van der Waals surface area contributed by atoms with Crippen LogP contribution in [-0.4, -0.2) is 37.2 Å². The van der Waals surface area contributed by atoms with Crippen LogP contribution in [0.2, 0.25) is 0 Å². The van der Waals surface area contributed by atoms with Crippen LogP contribution >= 0.6 is 0 Å². The predicted molar refractivity (Wildman–Crippen MR) is 233 cm³/mol.